The Bertz CT molecular complexity index is 1390. The fourth-order valence-electron chi connectivity index (χ4n) is 5.93. The van der Waals surface area contributed by atoms with Crippen molar-refractivity contribution in [3.8, 4) is 0 Å². The number of carbonyl (C=O) groups is 1. The van der Waals surface area contributed by atoms with E-state index in [1.165, 1.54) is 32.7 Å². The molecule has 176 valence electrons. The van der Waals surface area contributed by atoms with E-state index < -0.39 is 0 Å². The summed E-state index contributed by atoms with van der Waals surface area (Å²) in [7, 11) is 1.68. The molecule has 0 saturated heterocycles. The molecule has 0 saturated carbocycles. The Morgan fingerprint density at radius 2 is 1.74 bits per heavy atom. The molecular formula is C31H30N2O2. The van der Waals surface area contributed by atoms with Gasteiger partial charge in [0.2, 0.25) is 0 Å². The van der Waals surface area contributed by atoms with Crippen molar-refractivity contribution in [2.75, 3.05) is 25.6 Å². The summed E-state index contributed by atoms with van der Waals surface area (Å²) in [6, 6.07) is 26.0. The zero-order valence-electron chi connectivity index (χ0n) is 20.0. The first-order valence-corrected chi connectivity index (χ1v) is 12.5. The number of ether oxygens (including phenoxy) is 1. The molecule has 1 aliphatic carbocycles. The van der Waals surface area contributed by atoms with Crippen LogP contribution >= 0.6 is 0 Å². The molecule has 3 unspecified atom stereocenters. The van der Waals surface area contributed by atoms with Crippen LogP contribution in [0.2, 0.25) is 0 Å². The quantitative estimate of drug-likeness (QED) is 0.193. The number of rotatable bonds is 6. The fraction of sp³-hybridized carbons (Fsp3) is 0.258. The lowest BCUT2D eigenvalue weighted by atomic mass is 9.75. The average Bonchev–Trinajstić information content (AvgIpc) is 3.39. The third kappa shape index (κ3) is 3.88. The maximum Gasteiger partial charge on any atom is 0.251 e. The molecule has 4 aromatic carbocycles. The van der Waals surface area contributed by atoms with E-state index in [9.17, 15) is 4.79 Å². The molecule has 0 bridgehead atoms. The topological polar surface area (TPSA) is 50.4 Å². The lowest BCUT2D eigenvalue weighted by Gasteiger charge is -2.38. The largest absolute Gasteiger partial charge is 0.385 e. The molecule has 0 radical (unpaired) electrons. The van der Waals surface area contributed by atoms with E-state index in [1.54, 1.807) is 7.11 Å². The number of carbonyl (C=O) groups excluding carboxylic acids is 1. The molecule has 0 aromatic heterocycles. The van der Waals surface area contributed by atoms with Gasteiger partial charge >= 0.3 is 0 Å². The number of fused-ring (bicyclic) bond motifs is 5. The molecule has 0 fully saturated rings. The normalized spacial score (nSPS) is 20.4. The highest BCUT2D eigenvalue weighted by Crippen LogP contribution is 2.52. The Morgan fingerprint density at radius 1 is 1.00 bits per heavy atom. The van der Waals surface area contributed by atoms with Crippen LogP contribution in [0.15, 0.2) is 84.9 Å². The summed E-state index contributed by atoms with van der Waals surface area (Å²) in [6.45, 7) is 1.26. The number of methoxy groups -OCH3 is 1. The second-order valence-corrected chi connectivity index (χ2v) is 9.61. The monoisotopic (exact) mass is 462 g/mol. The molecule has 4 aromatic rings. The van der Waals surface area contributed by atoms with Crippen LogP contribution in [-0.4, -0.2) is 26.2 Å². The maximum absolute atomic E-state index is 12.8. The summed E-state index contributed by atoms with van der Waals surface area (Å²) in [4.78, 5) is 12.8. The van der Waals surface area contributed by atoms with E-state index >= 15 is 0 Å². The highest BCUT2D eigenvalue weighted by atomic mass is 16.5. The van der Waals surface area contributed by atoms with E-state index in [0.717, 1.165) is 24.1 Å². The molecule has 3 atom stereocenters. The van der Waals surface area contributed by atoms with Gasteiger partial charge in [0.05, 0.1) is 6.04 Å². The van der Waals surface area contributed by atoms with E-state index in [0.29, 0.717) is 19.1 Å². The highest BCUT2D eigenvalue weighted by Gasteiger charge is 2.39. The smallest absolute Gasteiger partial charge is 0.251 e. The van der Waals surface area contributed by atoms with Crippen molar-refractivity contribution in [1.82, 2.24) is 5.32 Å². The van der Waals surface area contributed by atoms with Crippen molar-refractivity contribution in [1.29, 1.82) is 0 Å². The third-order valence-corrected chi connectivity index (χ3v) is 7.56. The Balaban J connectivity index is 1.40. The molecule has 1 amide bonds. The number of hydrogen-bond acceptors (Lipinski definition) is 3. The molecule has 0 spiro atoms. The van der Waals surface area contributed by atoms with Gasteiger partial charge in [0.1, 0.15) is 0 Å². The molecule has 35 heavy (non-hydrogen) atoms. The molecule has 1 heterocycles. The van der Waals surface area contributed by atoms with E-state index in [2.05, 4.69) is 89.5 Å². The van der Waals surface area contributed by atoms with Crippen LogP contribution in [0.5, 0.6) is 0 Å². The Kier molecular flexibility index (Phi) is 5.75. The van der Waals surface area contributed by atoms with Crippen molar-refractivity contribution < 1.29 is 9.53 Å². The molecular weight excluding hydrogens is 432 g/mol. The van der Waals surface area contributed by atoms with Crippen molar-refractivity contribution in [3.63, 3.8) is 0 Å². The summed E-state index contributed by atoms with van der Waals surface area (Å²) < 4.78 is 5.08. The predicted octanol–water partition coefficient (Wildman–Crippen LogP) is 6.59. The van der Waals surface area contributed by atoms with Crippen LogP contribution in [-0.2, 0) is 4.74 Å². The van der Waals surface area contributed by atoms with Crippen molar-refractivity contribution in [2.45, 2.75) is 24.8 Å². The van der Waals surface area contributed by atoms with Crippen LogP contribution < -0.4 is 10.6 Å². The van der Waals surface area contributed by atoms with Gasteiger partial charge < -0.3 is 15.4 Å². The van der Waals surface area contributed by atoms with E-state index in [1.807, 2.05) is 6.07 Å². The van der Waals surface area contributed by atoms with Crippen molar-refractivity contribution >= 4 is 33.1 Å². The zero-order valence-corrected chi connectivity index (χ0v) is 20.0. The summed E-state index contributed by atoms with van der Waals surface area (Å²) in [5.74, 6) is 0.663. The average molecular weight is 463 g/mol. The lowest BCUT2D eigenvalue weighted by molar-refractivity contribution is 0.0948. The van der Waals surface area contributed by atoms with E-state index in [-0.39, 0.29) is 17.9 Å². The summed E-state index contributed by atoms with van der Waals surface area (Å²) in [5.41, 5.74) is 4.43. The number of benzene rings is 4. The number of anilines is 1. The van der Waals surface area contributed by atoms with Gasteiger partial charge in [-0.1, -0.05) is 60.7 Å². The second-order valence-electron chi connectivity index (χ2n) is 9.61. The standard InChI is InChI=1S/C31H30N2O2/c1-35-17-7-16-32-31(34)22-14-15-28-27(19-22)25-12-6-13-26(25)30(33-28)29-23-10-4-2-8-20(23)18-21-9-3-5-11-24(21)29/h2-6,8-12,14-15,18-19,25-26,30,33H,7,13,16-17H2,1H3,(H,32,34). The second kappa shape index (κ2) is 9.20. The first-order chi connectivity index (χ1) is 17.2. The van der Waals surface area contributed by atoms with Gasteiger partial charge in [0, 0.05) is 37.4 Å². The van der Waals surface area contributed by atoms with Crippen LogP contribution in [0, 0.1) is 5.92 Å². The minimum absolute atomic E-state index is 0.0235. The molecule has 6 rings (SSSR count). The molecule has 1 aliphatic heterocycles. The first-order valence-electron chi connectivity index (χ1n) is 12.5. The highest BCUT2D eigenvalue weighted by molar-refractivity contribution is 6.03. The molecule has 2 N–H and O–H groups in total. The maximum atomic E-state index is 12.8. The van der Waals surface area contributed by atoms with Gasteiger partial charge in [-0.25, -0.2) is 0 Å². The van der Waals surface area contributed by atoms with Gasteiger partial charge in [-0.15, -0.1) is 0 Å². The number of amides is 1. The van der Waals surface area contributed by atoms with Gasteiger partial charge in [-0.05, 0) is 75.7 Å². The van der Waals surface area contributed by atoms with Crippen molar-refractivity contribution in [3.05, 3.63) is 102 Å². The SMILES string of the molecule is COCCCNC(=O)c1ccc2c(c1)C1C=CCC1C(c1c3ccccc3cc3ccccc13)N2. The first kappa shape index (κ1) is 21.9. The Hall–Kier alpha value is -3.63. The predicted molar refractivity (Wildman–Crippen MR) is 143 cm³/mol. The van der Waals surface area contributed by atoms with Crippen LogP contribution in [0.4, 0.5) is 5.69 Å². The van der Waals surface area contributed by atoms with Crippen LogP contribution in [0.1, 0.15) is 46.3 Å². The molecule has 4 nitrogen and oxygen atoms in total. The molecule has 2 aliphatic rings. The number of nitrogens with one attached hydrogen (secondary N) is 2. The molecule has 4 heteroatoms. The van der Waals surface area contributed by atoms with E-state index in [4.69, 9.17) is 4.74 Å². The summed E-state index contributed by atoms with van der Waals surface area (Å²) >= 11 is 0. The van der Waals surface area contributed by atoms with Gasteiger partial charge in [0.15, 0.2) is 0 Å². The summed E-state index contributed by atoms with van der Waals surface area (Å²) in [6.07, 6.45) is 6.48. The minimum Gasteiger partial charge on any atom is -0.385 e. The lowest BCUT2D eigenvalue weighted by Crippen LogP contribution is -2.30. The fourth-order valence-corrected chi connectivity index (χ4v) is 5.93. The van der Waals surface area contributed by atoms with Gasteiger partial charge in [0.25, 0.3) is 5.91 Å². The zero-order chi connectivity index (χ0) is 23.8. The van der Waals surface area contributed by atoms with Crippen molar-refractivity contribution in [2.24, 2.45) is 5.92 Å². The summed E-state index contributed by atoms with van der Waals surface area (Å²) in [5, 5.41) is 12.1. The minimum atomic E-state index is -0.0235. The van der Waals surface area contributed by atoms with Gasteiger partial charge in [-0.2, -0.15) is 0 Å². The number of hydrogen-bond donors (Lipinski definition) is 2. The Labute approximate surface area is 206 Å². The van der Waals surface area contributed by atoms with Crippen LogP contribution in [0.25, 0.3) is 21.5 Å². The third-order valence-electron chi connectivity index (χ3n) is 7.56. The number of allylic oxidation sites excluding steroid dienone is 2. The Morgan fingerprint density at radius 3 is 2.49 bits per heavy atom. The van der Waals surface area contributed by atoms with Crippen LogP contribution in [0.3, 0.4) is 0 Å². The van der Waals surface area contributed by atoms with Gasteiger partial charge in [-0.3, -0.25) is 4.79 Å².